The fourth-order valence-electron chi connectivity index (χ4n) is 1.12. The van der Waals surface area contributed by atoms with Crippen LogP contribution in [-0.2, 0) is 0 Å². The number of hydrogen-bond acceptors (Lipinski definition) is 5. The number of aliphatic imine (C=N–C) groups is 1. The van der Waals surface area contributed by atoms with E-state index in [2.05, 4.69) is 31.9 Å². The smallest absolute Gasteiger partial charge is 0.249 e. The number of nitrogens with one attached hydrogen (secondary N) is 1. The van der Waals surface area contributed by atoms with Crippen molar-refractivity contribution >= 4 is 12.7 Å². The maximum atomic E-state index is 8.87. The van der Waals surface area contributed by atoms with Crippen LogP contribution in [0.2, 0.25) is 0 Å². The van der Waals surface area contributed by atoms with Gasteiger partial charge in [-0.25, -0.2) is 15.0 Å². The quantitative estimate of drug-likeness (QED) is 0.730. The second-order valence-electron chi connectivity index (χ2n) is 2.67. The van der Waals surface area contributed by atoms with Crippen molar-refractivity contribution in [2.75, 3.05) is 0 Å². The Kier molecular flexibility index (Phi) is 2.21. The molecule has 0 aliphatic heterocycles. The Morgan fingerprint density at radius 3 is 3.00 bits per heavy atom. The molecule has 15 heavy (non-hydrogen) atoms. The van der Waals surface area contributed by atoms with Crippen LogP contribution in [0.4, 0.5) is 5.95 Å². The minimum Gasteiger partial charge on any atom is -0.276 e. The molecule has 0 fully saturated rings. The van der Waals surface area contributed by atoms with Crippen molar-refractivity contribution < 1.29 is 0 Å². The van der Waals surface area contributed by atoms with Crippen LogP contribution in [0.1, 0.15) is 5.56 Å². The van der Waals surface area contributed by atoms with Crippen molar-refractivity contribution in [1.29, 1.82) is 5.26 Å². The molecule has 0 aromatic carbocycles. The highest BCUT2D eigenvalue weighted by Gasteiger charge is 2.09. The second kappa shape index (κ2) is 3.67. The summed E-state index contributed by atoms with van der Waals surface area (Å²) >= 11 is 0. The third kappa shape index (κ3) is 1.58. The van der Waals surface area contributed by atoms with Gasteiger partial charge in [-0.15, -0.1) is 0 Å². The van der Waals surface area contributed by atoms with Crippen molar-refractivity contribution in [2.24, 2.45) is 4.99 Å². The summed E-state index contributed by atoms with van der Waals surface area (Å²) < 4.78 is 0. The minimum absolute atomic E-state index is 0.235. The van der Waals surface area contributed by atoms with Crippen LogP contribution in [0.5, 0.6) is 0 Å². The number of nitrogens with zero attached hydrogens (tertiary/aromatic N) is 5. The van der Waals surface area contributed by atoms with Crippen LogP contribution in [0.25, 0.3) is 11.4 Å². The molecule has 0 saturated heterocycles. The fraction of sp³-hybridized carbons (Fsp3) is 0. The Hall–Kier alpha value is -2.55. The monoisotopic (exact) mass is 198 g/mol. The molecule has 0 saturated carbocycles. The SMILES string of the molecule is C=Nc1ncc(C#N)c(-c2ccn[nH]2)n1. The summed E-state index contributed by atoms with van der Waals surface area (Å²) in [5.41, 5.74) is 1.50. The number of nitriles is 1. The van der Waals surface area contributed by atoms with Gasteiger partial charge in [-0.3, -0.25) is 5.10 Å². The maximum absolute atomic E-state index is 8.87. The summed E-state index contributed by atoms with van der Waals surface area (Å²) in [6.45, 7) is 3.33. The molecular formula is C9H6N6. The Bertz CT molecular complexity index is 522. The third-order valence-corrected chi connectivity index (χ3v) is 1.79. The van der Waals surface area contributed by atoms with E-state index in [4.69, 9.17) is 5.26 Å². The van der Waals surface area contributed by atoms with Crippen molar-refractivity contribution in [3.63, 3.8) is 0 Å². The van der Waals surface area contributed by atoms with Gasteiger partial charge in [0.25, 0.3) is 0 Å². The van der Waals surface area contributed by atoms with E-state index in [-0.39, 0.29) is 5.95 Å². The highest BCUT2D eigenvalue weighted by Crippen LogP contribution is 2.19. The number of hydrogen-bond donors (Lipinski definition) is 1. The summed E-state index contributed by atoms with van der Waals surface area (Å²) in [5, 5.41) is 15.4. The molecule has 0 radical (unpaired) electrons. The molecule has 0 unspecified atom stereocenters. The third-order valence-electron chi connectivity index (χ3n) is 1.79. The van der Waals surface area contributed by atoms with E-state index in [0.717, 1.165) is 0 Å². The van der Waals surface area contributed by atoms with Crippen LogP contribution < -0.4 is 0 Å². The number of H-pyrrole nitrogens is 1. The summed E-state index contributed by atoms with van der Waals surface area (Å²) in [6.07, 6.45) is 2.99. The van der Waals surface area contributed by atoms with Crippen LogP contribution in [0.3, 0.4) is 0 Å². The predicted molar refractivity (Wildman–Crippen MR) is 53.5 cm³/mol. The molecule has 2 heterocycles. The lowest BCUT2D eigenvalue weighted by Gasteiger charge is -1.99. The Labute approximate surface area is 85.3 Å². The number of aromatic amines is 1. The van der Waals surface area contributed by atoms with Crippen molar-refractivity contribution in [1.82, 2.24) is 20.2 Å². The summed E-state index contributed by atoms with van der Waals surface area (Å²) in [5.74, 6) is 0.235. The molecular weight excluding hydrogens is 192 g/mol. The van der Waals surface area contributed by atoms with Gasteiger partial charge in [0.1, 0.15) is 11.8 Å². The van der Waals surface area contributed by atoms with Gasteiger partial charge in [0.05, 0.1) is 17.5 Å². The molecule has 0 amide bonds. The highest BCUT2D eigenvalue weighted by molar-refractivity contribution is 5.63. The number of aromatic nitrogens is 4. The van der Waals surface area contributed by atoms with Crippen LogP contribution >= 0.6 is 0 Å². The molecule has 2 aromatic heterocycles. The normalized spacial score (nSPS) is 9.53. The molecule has 0 spiro atoms. The molecule has 0 atom stereocenters. The summed E-state index contributed by atoms with van der Waals surface area (Å²) in [7, 11) is 0. The van der Waals surface area contributed by atoms with Gasteiger partial charge in [0.15, 0.2) is 0 Å². The van der Waals surface area contributed by atoms with Crippen LogP contribution in [-0.4, -0.2) is 26.9 Å². The van der Waals surface area contributed by atoms with Crippen LogP contribution in [0, 0.1) is 11.3 Å². The van der Waals surface area contributed by atoms with Gasteiger partial charge >= 0.3 is 0 Å². The van der Waals surface area contributed by atoms with Gasteiger partial charge in [-0.1, -0.05) is 0 Å². The largest absolute Gasteiger partial charge is 0.276 e. The number of rotatable bonds is 2. The first kappa shape index (κ1) is 9.02. The molecule has 6 heteroatoms. The first-order valence-corrected chi connectivity index (χ1v) is 4.08. The van der Waals surface area contributed by atoms with Crippen molar-refractivity contribution in [2.45, 2.75) is 0 Å². The van der Waals surface area contributed by atoms with Gasteiger partial charge < -0.3 is 0 Å². The van der Waals surface area contributed by atoms with E-state index in [9.17, 15) is 0 Å². The lowest BCUT2D eigenvalue weighted by Crippen LogP contribution is -1.92. The Balaban J connectivity index is 2.63. The molecule has 6 nitrogen and oxygen atoms in total. The van der Waals surface area contributed by atoms with Gasteiger partial charge in [0.2, 0.25) is 5.95 Å². The standard InChI is InChI=1S/C9H6N6/c1-11-9-12-5-6(4-10)8(14-9)7-2-3-13-15-7/h2-3,5H,1H2,(H,13,15). The lowest BCUT2D eigenvalue weighted by atomic mass is 10.2. The second-order valence-corrected chi connectivity index (χ2v) is 2.67. The molecule has 2 aromatic rings. The molecule has 2 rings (SSSR count). The van der Waals surface area contributed by atoms with E-state index in [1.54, 1.807) is 12.3 Å². The van der Waals surface area contributed by atoms with Crippen molar-refractivity contribution in [3.05, 3.63) is 24.0 Å². The zero-order valence-electron chi connectivity index (χ0n) is 7.68. The molecule has 72 valence electrons. The molecule has 0 aliphatic carbocycles. The summed E-state index contributed by atoms with van der Waals surface area (Å²) in [6, 6.07) is 3.72. The van der Waals surface area contributed by atoms with Gasteiger partial charge in [-0.2, -0.15) is 10.4 Å². The predicted octanol–water partition coefficient (Wildman–Crippen LogP) is 1.07. The van der Waals surface area contributed by atoms with E-state index < -0.39 is 0 Å². The Morgan fingerprint density at radius 2 is 2.40 bits per heavy atom. The maximum Gasteiger partial charge on any atom is 0.249 e. The first-order valence-electron chi connectivity index (χ1n) is 4.08. The average Bonchev–Trinajstić information content (AvgIpc) is 2.81. The molecule has 1 N–H and O–H groups in total. The van der Waals surface area contributed by atoms with E-state index in [0.29, 0.717) is 17.0 Å². The Morgan fingerprint density at radius 1 is 1.53 bits per heavy atom. The average molecular weight is 198 g/mol. The topological polar surface area (TPSA) is 90.6 Å². The lowest BCUT2D eigenvalue weighted by molar-refractivity contribution is 1.07. The van der Waals surface area contributed by atoms with Gasteiger partial charge in [0, 0.05) is 6.20 Å². The van der Waals surface area contributed by atoms with Crippen molar-refractivity contribution in [3.8, 4) is 17.5 Å². The first-order chi connectivity index (χ1) is 7.35. The summed E-state index contributed by atoms with van der Waals surface area (Å²) in [4.78, 5) is 11.5. The zero-order chi connectivity index (χ0) is 10.7. The fourth-order valence-corrected chi connectivity index (χ4v) is 1.12. The van der Waals surface area contributed by atoms with Crippen LogP contribution in [0.15, 0.2) is 23.5 Å². The van der Waals surface area contributed by atoms with E-state index >= 15 is 0 Å². The van der Waals surface area contributed by atoms with E-state index in [1.165, 1.54) is 6.20 Å². The molecule has 0 bridgehead atoms. The molecule has 0 aliphatic rings. The van der Waals surface area contributed by atoms with E-state index in [1.807, 2.05) is 6.07 Å². The minimum atomic E-state index is 0.235. The highest BCUT2D eigenvalue weighted by atomic mass is 15.1. The van der Waals surface area contributed by atoms with Gasteiger partial charge in [-0.05, 0) is 12.8 Å². The zero-order valence-corrected chi connectivity index (χ0v) is 7.68.